The number of unbranched alkanes of at least 4 members (excludes halogenated alkanes) is 20. The van der Waals surface area contributed by atoms with Crippen molar-refractivity contribution < 1.29 is 44.2 Å². The summed E-state index contributed by atoms with van der Waals surface area (Å²) in [4.78, 5) is 12.7. The Labute approximate surface area is 311 Å². The molecule has 6 unspecified atom stereocenters. The van der Waals surface area contributed by atoms with Crippen LogP contribution in [0.15, 0.2) is 24.3 Å². The van der Waals surface area contributed by atoms with Gasteiger partial charge in [0.2, 0.25) is 0 Å². The molecule has 1 heterocycles. The molecule has 9 nitrogen and oxygen atoms in total. The summed E-state index contributed by atoms with van der Waals surface area (Å²) in [6, 6.07) is 0. The number of esters is 1. The first-order valence-corrected chi connectivity index (χ1v) is 20.9. The number of hydrogen-bond acceptors (Lipinski definition) is 9. The minimum absolute atomic E-state index is 0.114. The van der Waals surface area contributed by atoms with Crippen LogP contribution >= 0.6 is 0 Å². The highest BCUT2D eigenvalue weighted by Crippen LogP contribution is 2.22. The molecule has 1 aliphatic rings. The smallest absolute Gasteiger partial charge is 0.306 e. The molecule has 0 amide bonds. The lowest BCUT2D eigenvalue weighted by Crippen LogP contribution is -2.59. The average molecular weight is 727 g/mol. The van der Waals surface area contributed by atoms with Crippen molar-refractivity contribution in [2.45, 2.75) is 211 Å². The van der Waals surface area contributed by atoms with E-state index in [-0.39, 0.29) is 19.2 Å². The quantitative estimate of drug-likeness (QED) is 0.0288. The van der Waals surface area contributed by atoms with Crippen LogP contribution in [0.5, 0.6) is 0 Å². The third kappa shape index (κ3) is 26.1. The van der Waals surface area contributed by atoms with Gasteiger partial charge < -0.3 is 39.4 Å². The second kappa shape index (κ2) is 34.4. The zero-order chi connectivity index (χ0) is 37.2. The third-order valence-electron chi connectivity index (χ3n) is 9.60. The first-order chi connectivity index (χ1) is 24.9. The van der Waals surface area contributed by atoms with Crippen LogP contribution in [-0.4, -0.2) is 89.6 Å². The molecule has 9 heteroatoms. The molecule has 0 aromatic rings. The Kier molecular flexibility index (Phi) is 32.2. The number of aliphatic hydroxyl groups is 4. The van der Waals surface area contributed by atoms with Crippen molar-refractivity contribution in [1.82, 2.24) is 0 Å². The fraction of sp³-hybridized carbons (Fsp3) is 0.881. The van der Waals surface area contributed by atoms with E-state index >= 15 is 0 Å². The van der Waals surface area contributed by atoms with E-state index in [1.54, 1.807) is 0 Å². The molecule has 0 radical (unpaired) electrons. The fourth-order valence-electron chi connectivity index (χ4n) is 6.29. The molecule has 1 rings (SSSR count). The van der Waals surface area contributed by atoms with Crippen LogP contribution in [-0.2, 0) is 23.7 Å². The maximum atomic E-state index is 12.7. The molecule has 0 bridgehead atoms. The minimum atomic E-state index is -1.53. The number of rotatable bonds is 35. The molecule has 0 aliphatic carbocycles. The van der Waals surface area contributed by atoms with Crippen LogP contribution in [0.2, 0.25) is 0 Å². The summed E-state index contributed by atoms with van der Waals surface area (Å²) in [5, 5.41) is 40.0. The number of carbonyl (C=O) groups excluding carboxylic acids is 1. The first kappa shape index (κ1) is 47.7. The lowest BCUT2D eigenvalue weighted by molar-refractivity contribution is -0.305. The van der Waals surface area contributed by atoms with Crippen molar-refractivity contribution in [1.29, 1.82) is 0 Å². The summed E-state index contributed by atoms with van der Waals surface area (Å²) in [5.74, 6) is -0.317. The van der Waals surface area contributed by atoms with Crippen molar-refractivity contribution in [3.8, 4) is 0 Å². The minimum Gasteiger partial charge on any atom is -0.457 e. The van der Waals surface area contributed by atoms with Gasteiger partial charge in [-0.15, -0.1) is 0 Å². The molecule has 1 fully saturated rings. The molecule has 0 spiro atoms. The van der Waals surface area contributed by atoms with Crippen molar-refractivity contribution >= 4 is 5.97 Å². The molecule has 0 saturated carbocycles. The summed E-state index contributed by atoms with van der Waals surface area (Å²) in [7, 11) is 0. The number of ether oxygens (including phenoxy) is 4. The Balaban J connectivity index is 2.30. The SMILES string of the molecule is CCC/C=C\C/C=C\CCCCCCCCOCC(COC1OC(CO)C(O)C(O)C1O)OC(=O)CCCCCCCCCCCCCCCC. The van der Waals surface area contributed by atoms with Crippen molar-refractivity contribution in [3.63, 3.8) is 0 Å². The molecule has 4 N–H and O–H groups in total. The van der Waals surface area contributed by atoms with Crippen LogP contribution in [0, 0.1) is 0 Å². The molecule has 1 saturated heterocycles. The Hall–Kier alpha value is -1.33. The van der Waals surface area contributed by atoms with E-state index in [4.69, 9.17) is 18.9 Å². The van der Waals surface area contributed by atoms with Crippen LogP contribution in [0.25, 0.3) is 0 Å². The van der Waals surface area contributed by atoms with Gasteiger partial charge in [0.25, 0.3) is 0 Å². The van der Waals surface area contributed by atoms with E-state index in [0.717, 1.165) is 57.8 Å². The van der Waals surface area contributed by atoms with Gasteiger partial charge in [-0.2, -0.15) is 0 Å². The van der Waals surface area contributed by atoms with Gasteiger partial charge in [0.05, 0.1) is 19.8 Å². The molecule has 300 valence electrons. The Morgan fingerprint density at radius 3 is 1.76 bits per heavy atom. The molecule has 1 aliphatic heterocycles. The Morgan fingerprint density at radius 2 is 1.18 bits per heavy atom. The van der Waals surface area contributed by atoms with Gasteiger partial charge in [0, 0.05) is 13.0 Å². The highest BCUT2D eigenvalue weighted by Gasteiger charge is 2.44. The van der Waals surface area contributed by atoms with Crippen LogP contribution in [0.1, 0.15) is 174 Å². The predicted octanol–water partition coefficient (Wildman–Crippen LogP) is 8.64. The van der Waals surface area contributed by atoms with E-state index in [9.17, 15) is 25.2 Å². The van der Waals surface area contributed by atoms with Gasteiger partial charge in [-0.05, 0) is 38.5 Å². The molecule has 6 atom stereocenters. The normalized spacial score (nSPS) is 21.6. The maximum Gasteiger partial charge on any atom is 0.306 e. The summed E-state index contributed by atoms with van der Waals surface area (Å²) in [6.07, 6.45) is 30.5. The van der Waals surface area contributed by atoms with Gasteiger partial charge in [-0.3, -0.25) is 4.79 Å². The molecular formula is C42H78O9. The topological polar surface area (TPSA) is 135 Å². The number of hydrogen-bond donors (Lipinski definition) is 4. The van der Waals surface area contributed by atoms with E-state index in [0.29, 0.717) is 13.0 Å². The zero-order valence-electron chi connectivity index (χ0n) is 32.6. The van der Waals surface area contributed by atoms with Crippen LogP contribution in [0.4, 0.5) is 0 Å². The summed E-state index contributed by atoms with van der Waals surface area (Å²) in [6.45, 7) is 4.48. The molecule has 0 aromatic heterocycles. The third-order valence-corrected chi connectivity index (χ3v) is 9.60. The van der Waals surface area contributed by atoms with Gasteiger partial charge in [0.1, 0.15) is 30.5 Å². The number of carbonyl (C=O) groups is 1. The van der Waals surface area contributed by atoms with E-state index in [1.165, 1.54) is 96.3 Å². The number of allylic oxidation sites excluding steroid dienone is 4. The summed E-state index contributed by atoms with van der Waals surface area (Å²) >= 11 is 0. The second-order valence-corrected chi connectivity index (χ2v) is 14.4. The highest BCUT2D eigenvalue weighted by atomic mass is 16.7. The van der Waals surface area contributed by atoms with E-state index < -0.39 is 43.4 Å². The van der Waals surface area contributed by atoms with Crippen molar-refractivity contribution in [2.24, 2.45) is 0 Å². The van der Waals surface area contributed by atoms with Crippen molar-refractivity contribution in [3.05, 3.63) is 24.3 Å². The standard InChI is InChI=1S/C42H78O9/c1-3-5-7-9-11-13-15-17-19-21-23-25-27-29-31-38(44)50-36(35-49-42-41(47)40(46)39(45)37(33-43)51-42)34-48-32-30-28-26-24-22-20-18-16-14-12-10-8-6-4-2/h8,10,14,16,36-37,39-43,45-47H,3-7,9,11-13,15,17-35H2,1-2H3/b10-8-,16-14-. The van der Waals surface area contributed by atoms with Gasteiger partial charge in [-0.1, -0.05) is 154 Å². The lowest BCUT2D eigenvalue weighted by atomic mass is 9.99. The monoisotopic (exact) mass is 727 g/mol. The average Bonchev–Trinajstić information content (AvgIpc) is 3.13. The summed E-state index contributed by atoms with van der Waals surface area (Å²) in [5.41, 5.74) is 0. The van der Waals surface area contributed by atoms with Gasteiger partial charge in [-0.25, -0.2) is 0 Å². The zero-order valence-corrected chi connectivity index (χ0v) is 32.6. The molecular weight excluding hydrogens is 648 g/mol. The Morgan fingerprint density at radius 1 is 0.627 bits per heavy atom. The van der Waals surface area contributed by atoms with Crippen LogP contribution in [0.3, 0.4) is 0 Å². The Bertz CT molecular complexity index is 833. The fourth-order valence-corrected chi connectivity index (χ4v) is 6.29. The van der Waals surface area contributed by atoms with Crippen molar-refractivity contribution in [2.75, 3.05) is 26.4 Å². The second-order valence-electron chi connectivity index (χ2n) is 14.4. The van der Waals surface area contributed by atoms with Gasteiger partial charge >= 0.3 is 5.97 Å². The predicted molar refractivity (Wildman–Crippen MR) is 205 cm³/mol. The van der Waals surface area contributed by atoms with E-state index in [2.05, 4.69) is 38.2 Å². The van der Waals surface area contributed by atoms with E-state index in [1.807, 2.05) is 0 Å². The van der Waals surface area contributed by atoms with Crippen LogP contribution < -0.4 is 0 Å². The largest absolute Gasteiger partial charge is 0.457 e. The number of aliphatic hydroxyl groups excluding tert-OH is 4. The highest BCUT2D eigenvalue weighted by molar-refractivity contribution is 5.69. The molecule has 51 heavy (non-hydrogen) atoms. The summed E-state index contributed by atoms with van der Waals surface area (Å²) < 4.78 is 22.7. The molecule has 0 aromatic carbocycles. The van der Waals surface area contributed by atoms with Gasteiger partial charge in [0.15, 0.2) is 6.29 Å². The first-order valence-electron chi connectivity index (χ1n) is 20.9. The lowest BCUT2D eigenvalue weighted by Gasteiger charge is -2.39. The maximum absolute atomic E-state index is 12.7.